The third-order valence-corrected chi connectivity index (χ3v) is 2.68. The zero-order valence-corrected chi connectivity index (χ0v) is 10.2. The zero-order valence-electron chi connectivity index (χ0n) is 8.59. The van der Waals surface area contributed by atoms with E-state index in [1.165, 1.54) is 11.1 Å². The molecule has 2 heteroatoms. The molecule has 1 nitrogen and oxygen atoms in total. The largest absolute Gasteiger partial charge is 0.494 e. The number of hydrogen-bond donors (Lipinski definition) is 0. The van der Waals surface area contributed by atoms with Gasteiger partial charge in [0.05, 0.1) is 6.61 Å². The summed E-state index contributed by atoms with van der Waals surface area (Å²) in [5, 5.41) is 0.909. The molecule has 76 valence electrons. The van der Waals surface area contributed by atoms with Crippen molar-refractivity contribution in [2.45, 2.75) is 13.8 Å². The average molecular weight is 255 g/mol. The molecule has 0 fully saturated rings. The minimum Gasteiger partial charge on any atom is -0.494 e. The molecular formula is C12H15BrO. The molecule has 0 atom stereocenters. The Balaban J connectivity index is 2.83. The fraction of sp³-hybridized carbons (Fsp3) is 0.333. The Hall–Kier alpha value is -0.760. The first-order valence-corrected chi connectivity index (χ1v) is 5.84. The third-order valence-electron chi connectivity index (χ3n) is 1.79. The van der Waals surface area contributed by atoms with Crippen LogP contribution < -0.4 is 4.74 Å². The van der Waals surface area contributed by atoms with Gasteiger partial charge in [-0.3, -0.25) is 0 Å². The second-order valence-electron chi connectivity index (χ2n) is 3.13. The number of hydrogen-bond acceptors (Lipinski definition) is 1. The Labute approximate surface area is 93.9 Å². The van der Waals surface area contributed by atoms with Crippen LogP contribution in [0.2, 0.25) is 0 Å². The number of alkyl halides is 1. The van der Waals surface area contributed by atoms with Gasteiger partial charge in [-0.2, -0.15) is 0 Å². The van der Waals surface area contributed by atoms with Crippen molar-refractivity contribution in [1.29, 1.82) is 0 Å². The fourth-order valence-corrected chi connectivity index (χ4v) is 1.35. The fourth-order valence-electron chi connectivity index (χ4n) is 1.18. The van der Waals surface area contributed by atoms with Gasteiger partial charge in [-0.05, 0) is 31.5 Å². The lowest BCUT2D eigenvalue weighted by Gasteiger charge is -2.03. The SMILES string of the molecule is CCOc1cccc(C=C(C)CBr)c1. The maximum absolute atomic E-state index is 5.42. The van der Waals surface area contributed by atoms with Gasteiger partial charge in [-0.15, -0.1) is 0 Å². The maximum Gasteiger partial charge on any atom is 0.119 e. The van der Waals surface area contributed by atoms with Crippen molar-refractivity contribution < 1.29 is 4.74 Å². The van der Waals surface area contributed by atoms with Crippen LogP contribution in [0.4, 0.5) is 0 Å². The highest BCUT2D eigenvalue weighted by molar-refractivity contribution is 9.09. The number of halogens is 1. The van der Waals surface area contributed by atoms with Crippen LogP contribution in [-0.2, 0) is 0 Å². The summed E-state index contributed by atoms with van der Waals surface area (Å²) in [5.74, 6) is 0.934. The molecule has 0 radical (unpaired) electrons. The van der Waals surface area contributed by atoms with Crippen molar-refractivity contribution in [3.05, 3.63) is 35.4 Å². The van der Waals surface area contributed by atoms with Gasteiger partial charge in [0.2, 0.25) is 0 Å². The van der Waals surface area contributed by atoms with Gasteiger partial charge >= 0.3 is 0 Å². The molecule has 0 N–H and O–H groups in total. The van der Waals surface area contributed by atoms with Crippen LogP contribution in [-0.4, -0.2) is 11.9 Å². The molecule has 0 heterocycles. The van der Waals surface area contributed by atoms with E-state index in [0.717, 1.165) is 11.1 Å². The summed E-state index contributed by atoms with van der Waals surface area (Å²) in [6.07, 6.45) is 2.15. The van der Waals surface area contributed by atoms with Crippen molar-refractivity contribution in [3.8, 4) is 5.75 Å². The van der Waals surface area contributed by atoms with E-state index < -0.39 is 0 Å². The molecule has 0 spiro atoms. The second-order valence-corrected chi connectivity index (χ2v) is 3.69. The topological polar surface area (TPSA) is 9.23 Å². The normalized spacial score (nSPS) is 11.5. The highest BCUT2D eigenvalue weighted by Gasteiger charge is 1.94. The van der Waals surface area contributed by atoms with E-state index in [2.05, 4.69) is 41.1 Å². The molecule has 0 amide bonds. The zero-order chi connectivity index (χ0) is 10.4. The number of rotatable bonds is 4. The molecule has 0 aliphatic rings. The lowest BCUT2D eigenvalue weighted by Crippen LogP contribution is -1.91. The van der Waals surface area contributed by atoms with Crippen molar-refractivity contribution in [1.82, 2.24) is 0 Å². The predicted octanol–water partition coefficient (Wildman–Crippen LogP) is 3.88. The number of ether oxygens (including phenoxy) is 1. The van der Waals surface area contributed by atoms with Crippen molar-refractivity contribution in [2.24, 2.45) is 0 Å². The molecule has 0 aromatic heterocycles. The molecule has 14 heavy (non-hydrogen) atoms. The van der Waals surface area contributed by atoms with Gasteiger partial charge in [-0.25, -0.2) is 0 Å². The Morgan fingerprint density at radius 1 is 1.50 bits per heavy atom. The van der Waals surface area contributed by atoms with Gasteiger partial charge in [0, 0.05) is 5.33 Å². The number of allylic oxidation sites excluding steroid dienone is 1. The minimum absolute atomic E-state index is 0.713. The monoisotopic (exact) mass is 254 g/mol. The van der Waals surface area contributed by atoms with Crippen LogP contribution in [0.3, 0.4) is 0 Å². The van der Waals surface area contributed by atoms with E-state index in [4.69, 9.17) is 4.74 Å². The first kappa shape index (κ1) is 11.3. The average Bonchev–Trinajstić information content (AvgIpc) is 2.19. The molecule has 0 aliphatic carbocycles. The summed E-state index contributed by atoms with van der Waals surface area (Å²) in [5.41, 5.74) is 2.49. The van der Waals surface area contributed by atoms with E-state index in [0.29, 0.717) is 6.61 Å². The number of benzene rings is 1. The molecule has 1 aromatic rings. The lowest BCUT2D eigenvalue weighted by molar-refractivity contribution is 0.340. The molecule has 1 aromatic carbocycles. The molecule has 0 unspecified atom stereocenters. The first-order chi connectivity index (χ1) is 6.76. The molecule has 0 aliphatic heterocycles. The summed E-state index contributed by atoms with van der Waals surface area (Å²) in [6.45, 7) is 4.80. The molecule has 0 saturated carbocycles. The van der Waals surface area contributed by atoms with E-state index >= 15 is 0 Å². The smallest absolute Gasteiger partial charge is 0.119 e. The summed E-state index contributed by atoms with van der Waals surface area (Å²) in [7, 11) is 0. The van der Waals surface area contributed by atoms with Crippen LogP contribution in [0.15, 0.2) is 29.8 Å². The summed E-state index contributed by atoms with van der Waals surface area (Å²) >= 11 is 3.42. The predicted molar refractivity (Wildman–Crippen MR) is 65.1 cm³/mol. The van der Waals surface area contributed by atoms with Gasteiger partial charge in [-0.1, -0.05) is 39.7 Å². The maximum atomic E-state index is 5.42. The van der Waals surface area contributed by atoms with Crippen LogP contribution in [0.25, 0.3) is 6.08 Å². The van der Waals surface area contributed by atoms with Gasteiger partial charge in [0.1, 0.15) is 5.75 Å². The second kappa shape index (κ2) is 5.86. The van der Waals surface area contributed by atoms with Crippen LogP contribution >= 0.6 is 15.9 Å². The molecule has 1 rings (SSSR count). The van der Waals surface area contributed by atoms with Crippen LogP contribution in [0.5, 0.6) is 5.75 Å². The minimum atomic E-state index is 0.713. The van der Waals surface area contributed by atoms with Crippen molar-refractivity contribution in [3.63, 3.8) is 0 Å². The Kier molecular flexibility index (Phi) is 4.74. The quantitative estimate of drug-likeness (QED) is 0.742. The highest BCUT2D eigenvalue weighted by atomic mass is 79.9. The molecule has 0 bridgehead atoms. The third kappa shape index (κ3) is 3.54. The van der Waals surface area contributed by atoms with Crippen LogP contribution in [0.1, 0.15) is 19.4 Å². The van der Waals surface area contributed by atoms with E-state index in [1.54, 1.807) is 0 Å². The van der Waals surface area contributed by atoms with Crippen LogP contribution in [0, 0.1) is 0 Å². The van der Waals surface area contributed by atoms with E-state index in [-0.39, 0.29) is 0 Å². The van der Waals surface area contributed by atoms with E-state index in [1.807, 2.05) is 19.1 Å². The molecule has 0 saturated heterocycles. The summed E-state index contributed by atoms with van der Waals surface area (Å²) < 4.78 is 5.42. The van der Waals surface area contributed by atoms with Gasteiger partial charge < -0.3 is 4.74 Å². The lowest BCUT2D eigenvalue weighted by atomic mass is 10.1. The highest BCUT2D eigenvalue weighted by Crippen LogP contribution is 2.16. The molecular weight excluding hydrogens is 240 g/mol. The summed E-state index contributed by atoms with van der Waals surface area (Å²) in [4.78, 5) is 0. The van der Waals surface area contributed by atoms with Gasteiger partial charge in [0.15, 0.2) is 0 Å². The Bertz CT molecular complexity index is 318. The Morgan fingerprint density at radius 2 is 2.29 bits per heavy atom. The first-order valence-electron chi connectivity index (χ1n) is 4.72. The van der Waals surface area contributed by atoms with E-state index in [9.17, 15) is 0 Å². The Morgan fingerprint density at radius 3 is 2.93 bits per heavy atom. The summed E-state index contributed by atoms with van der Waals surface area (Å²) in [6, 6.07) is 8.12. The van der Waals surface area contributed by atoms with Crippen molar-refractivity contribution >= 4 is 22.0 Å². The van der Waals surface area contributed by atoms with Gasteiger partial charge in [0.25, 0.3) is 0 Å². The van der Waals surface area contributed by atoms with Crippen molar-refractivity contribution in [2.75, 3.05) is 11.9 Å². The standard InChI is InChI=1S/C12H15BrO/c1-3-14-12-6-4-5-11(8-12)7-10(2)9-13/h4-8H,3,9H2,1-2H3.